The Hall–Kier alpha value is -2.50. The average Bonchev–Trinajstić information content (AvgIpc) is 2.67. The second-order valence-corrected chi connectivity index (χ2v) is 7.39. The number of nitriles is 1. The molecule has 0 spiro atoms. The van der Waals surface area contributed by atoms with Gasteiger partial charge in [-0.05, 0) is 36.4 Å². The third-order valence-corrected chi connectivity index (χ3v) is 5.16. The third-order valence-electron chi connectivity index (χ3n) is 3.21. The van der Waals surface area contributed by atoms with Gasteiger partial charge in [0.25, 0.3) is 5.91 Å². The topological polar surface area (TPSA) is 79.2 Å². The number of halogens is 1. The summed E-state index contributed by atoms with van der Waals surface area (Å²) in [4.78, 5) is 25.3. The SMILES string of the molecule is N#CCSc1ccccc1NC(=O)COC(=O)CCSc1ccc(F)cc1. The Morgan fingerprint density at radius 1 is 1.11 bits per heavy atom. The Morgan fingerprint density at radius 3 is 2.59 bits per heavy atom. The van der Waals surface area contributed by atoms with Crippen LogP contribution in [0.4, 0.5) is 10.1 Å². The number of esters is 1. The van der Waals surface area contributed by atoms with Gasteiger partial charge in [0.15, 0.2) is 6.61 Å². The minimum atomic E-state index is -0.480. The number of carbonyl (C=O) groups excluding carboxylic acids is 2. The summed E-state index contributed by atoms with van der Waals surface area (Å²) in [5.41, 5.74) is 0.575. The van der Waals surface area contributed by atoms with Crippen molar-refractivity contribution < 1.29 is 18.7 Å². The molecule has 0 unspecified atom stereocenters. The lowest BCUT2D eigenvalue weighted by atomic mass is 10.3. The minimum absolute atomic E-state index is 0.143. The van der Waals surface area contributed by atoms with Gasteiger partial charge >= 0.3 is 5.97 Å². The van der Waals surface area contributed by atoms with Crippen molar-refractivity contribution in [3.63, 3.8) is 0 Å². The molecule has 0 aliphatic carbocycles. The maximum Gasteiger partial charge on any atom is 0.307 e. The standard InChI is InChI=1S/C19H17FN2O3S2/c20-14-5-7-15(8-6-14)26-11-9-19(24)25-13-18(23)22-16-3-1-2-4-17(16)27-12-10-21/h1-8H,9,11-13H2,(H,22,23). The second-order valence-electron chi connectivity index (χ2n) is 5.20. The molecule has 8 heteroatoms. The van der Waals surface area contributed by atoms with E-state index in [2.05, 4.69) is 5.32 Å². The Kier molecular flexibility index (Phi) is 8.68. The molecule has 0 saturated carbocycles. The van der Waals surface area contributed by atoms with Crippen LogP contribution in [0.2, 0.25) is 0 Å². The fourth-order valence-corrected chi connectivity index (χ4v) is 3.50. The first-order valence-corrected chi connectivity index (χ1v) is 9.98. The summed E-state index contributed by atoms with van der Waals surface area (Å²) in [5.74, 6) is -0.489. The van der Waals surface area contributed by atoms with E-state index in [1.165, 1.54) is 35.7 Å². The molecule has 0 aliphatic rings. The first-order valence-electron chi connectivity index (χ1n) is 8.01. The fourth-order valence-electron chi connectivity index (χ4n) is 1.99. The minimum Gasteiger partial charge on any atom is -0.456 e. The zero-order chi connectivity index (χ0) is 19.5. The molecular weight excluding hydrogens is 387 g/mol. The maximum atomic E-state index is 12.8. The van der Waals surface area contributed by atoms with E-state index in [0.717, 1.165) is 9.79 Å². The first-order chi connectivity index (χ1) is 13.1. The second kappa shape index (κ2) is 11.3. The first kappa shape index (κ1) is 20.8. The largest absolute Gasteiger partial charge is 0.456 e. The molecule has 2 aromatic rings. The van der Waals surface area contributed by atoms with E-state index in [9.17, 15) is 14.0 Å². The van der Waals surface area contributed by atoms with Gasteiger partial charge in [-0.1, -0.05) is 12.1 Å². The number of nitrogens with zero attached hydrogens (tertiary/aromatic N) is 1. The smallest absolute Gasteiger partial charge is 0.307 e. The summed E-state index contributed by atoms with van der Waals surface area (Å²) in [6.07, 6.45) is 0.143. The van der Waals surface area contributed by atoms with Crippen LogP contribution in [0.1, 0.15) is 6.42 Å². The van der Waals surface area contributed by atoms with Crippen LogP contribution in [0.5, 0.6) is 0 Å². The van der Waals surface area contributed by atoms with Crippen molar-refractivity contribution in [2.45, 2.75) is 16.2 Å². The van der Waals surface area contributed by atoms with Crippen LogP contribution >= 0.6 is 23.5 Å². The number of amides is 1. The van der Waals surface area contributed by atoms with Gasteiger partial charge in [-0.25, -0.2) is 4.39 Å². The molecule has 0 aromatic heterocycles. The van der Waals surface area contributed by atoms with Crippen molar-refractivity contribution in [2.75, 3.05) is 23.4 Å². The predicted molar refractivity (Wildman–Crippen MR) is 104 cm³/mol. The van der Waals surface area contributed by atoms with Gasteiger partial charge < -0.3 is 10.1 Å². The molecule has 0 heterocycles. The van der Waals surface area contributed by atoms with Crippen molar-refractivity contribution in [3.8, 4) is 6.07 Å². The molecule has 0 bridgehead atoms. The molecule has 0 saturated heterocycles. The average molecular weight is 404 g/mol. The number of benzene rings is 2. The molecule has 1 amide bonds. The number of thioether (sulfide) groups is 2. The number of carbonyl (C=O) groups is 2. The van der Waals surface area contributed by atoms with Gasteiger partial charge in [0, 0.05) is 15.5 Å². The summed E-state index contributed by atoms with van der Waals surface area (Å²) >= 11 is 2.72. The molecule has 0 radical (unpaired) electrons. The monoisotopic (exact) mass is 404 g/mol. The highest BCUT2D eigenvalue weighted by atomic mass is 32.2. The number of nitrogens with one attached hydrogen (secondary N) is 1. The molecule has 0 fully saturated rings. The lowest BCUT2D eigenvalue weighted by molar-refractivity contribution is -0.146. The molecule has 5 nitrogen and oxygen atoms in total. The number of hydrogen-bond donors (Lipinski definition) is 1. The van der Waals surface area contributed by atoms with Gasteiger partial charge in [-0.2, -0.15) is 5.26 Å². The molecule has 2 rings (SSSR count). The summed E-state index contributed by atoms with van der Waals surface area (Å²) in [6, 6.07) is 15.1. The van der Waals surface area contributed by atoms with Gasteiger partial charge in [0.05, 0.1) is 23.9 Å². The van der Waals surface area contributed by atoms with Crippen molar-refractivity contribution >= 4 is 41.1 Å². The lowest BCUT2D eigenvalue weighted by Crippen LogP contribution is -2.21. The zero-order valence-electron chi connectivity index (χ0n) is 14.3. The van der Waals surface area contributed by atoms with Crippen LogP contribution in [0.15, 0.2) is 58.3 Å². The Morgan fingerprint density at radius 2 is 1.85 bits per heavy atom. The number of para-hydroxylation sites is 1. The highest BCUT2D eigenvalue weighted by Gasteiger charge is 2.10. The van der Waals surface area contributed by atoms with Crippen LogP contribution < -0.4 is 5.32 Å². The van der Waals surface area contributed by atoms with E-state index in [1.54, 1.807) is 30.3 Å². The lowest BCUT2D eigenvalue weighted by Gasteiger charge is -2.10. The Balaban J connectivity index is 1.71. The highest BCUT2D eigenvalue weighted by molar-refractivity contribution is 7.99. The highest BCUT2D eigenvalue weighted by Crippen LogP contribution is 2.26. The molecule has 0 aliphatic heterocycles. The van der Waals surface area contributed by atoms with Crippen molar-refractivity contribution in [1.82, 2.24) is 0 Å². The normalized spacial score (nSPS) is 10.1. The van der Waals surface area contributed by atoms with Crippen molar-refractivity contribution in [3.05, 3.63) is 54.3 Å². The third kappa shape index (κ3) is 7.72. The van der Waals surface area contributed by atoms with E-state index in [1.807, 2.05) is 12.1 Å². The van der Waals surface area contributed by atoms with E-state index in [-0.39, 0.29) is 24.6 Å². The van der Waals surface area contributed by atoms with Crippen LogP contribution in [-0.2, 0) is 14.3 Å². The molecular formula is C19H17FN2O3S2. The molecule has 2 aromatic carbocycles. The van der Waals surface area contributed by atoms with E-state index in [0.29, 0.717) is 11.4 Å². The molecule has 140 valence electrons. The zero-order valence-corrected chi connectivity index (χ0v) is 15.9. The van der Waals surface area contributed by atoms with Crippen LogP contribution in [0.25, 0.3) is 0 Å². The van der Waals surface area contributed by atoms with Crippen LogP contribution in [0, 0.1) is 17.1 Å². The summed E-state index contributed by atoms with van der Waals surface area (Å²) in [5, 5.41) is 11.3. The number of ether oxygens (including phenoxy) is 1. The van der Waals surface area contributed by atoms with E-state index >= 15 is 0 Å². The number of anilines is 1. The van der Waals surface area contributed by atoms with Crippen molar-refractivity contribution in [1.29, 1.82) is 5.26 Å². The summed E-state index contributed by atoms with van der Waals surface area (Å²) in [7, 11) is 0. The Bertz CT molecular complexity index is 822. The van der Waals surface area contributed by atoms with Gasteiger partial charge in [0.1, 0.15) is 5.82 Å². The predicted octanol–water partition coefficient (Wildman–Crippen LogP) is 4.11. The van der Waals surface area contributed by atoms with Gasteiger partial charge in [0.2, 0.25) is 0 Å². The van der Waals surface area contributed by atoms with Crippen molar-refractivity contribution in [2.24, 2.45) is 0 Å². The molecule has 27 heavy (non-hydrogen) atoms. The molecule has 0 atom stereocenters. The van der Waals surface area contributed by atoms with Gasteiger partial charge in [-0.15, -0.1) is 23.5 Å². The maximum absolute atomic E-state index is 12.8. The molecule has 1 N–H and O–H groups in total. The number of rotatable bonds is 9. The summed E-state index contributed by atoms with van der Waals surface area (Å²) < 4.78 is 17.8. The van der Waals surface area contributed by atoms with Crippen LogP contribution in [-0.4, -0.2) is 30.0 Å². The van der Waals surface area contributed by atoms with Crippen LogP contribution in [0.3, 0.4) is 0 Å². The number of hydrogen-bond acceptors (Lipinski definition) is 6. The fraction of sp³-hybridized carbons (Fsp3) is 0.211. The Labute approximate surface area is 165 Å². The summed E-state index contributed by atoms with van der Waals surface area (Å²) in [6.45, 7) is -0.378. The van der Waals surface area contributed by atoms with E-state index < -0.39 is 11.9 Å². The quantitative estimate of drug-likeness (QED) is 0.501. The van der Waals surface area contributed by atoms with Gasteiger partial charge in [-0.3, -0.25) is 9.59 Å². The van der Waals surface area contributed by atoms with E-state index in [4.69, 9.17) is 10.00 Å².